The maximum atomic E-state index is 14.1. The Morgan fingerprint density at radius 1 is 1.29 bits per heavy atom. The molecule has 1 aromatic carbocycles. The number of rotatable bonds is 4. The van der Waals surface area contributed by atoms with Crippen LogP contribution in [0.5, 0.6) is 0 Å². The van der Waals surface area contributed by atoms with Crippen LogP contribution in [-0.4, -0.2) is 23.6 Å². The Morgan fingerprint density at radius 2 is 2.05 bits per heavy atom. The van der Waals surface area contributed by atoms with Crippen LogP contribution in [0.3, 0.4) is 0 Å². The molecule has 2 N–H and O–H groups in total. The second-order valence-corrected chi connectivity index (χ2v) is 4.58. The lowest BCUT2D eigenvalue weighted by Gasteiger charge is -2.18. The second-order valence-electron chi connectivity index (χ2n) is 4.58. The molecule has 0 atom stereocenters. The van der Waals surface area contributed by atoms with Crippen LogP contribution in [0.2, 0.25) is 0 Å². The fraction of sp³-hybridized carbons (Fsp3) is 0.200. The maximum absolute atomic E-state index is 14.1. The number of ether oxygens (including phenoxy) is 1. The summed E-state index contributed by atoms with van der Waals surface area (Å²) < 4.78 is 19.3. The Labute approximate surface area is 121 Å². The van der Waals surface area contributed by atoms with Gasteiger partial charge in [0.25, 0.3) is 0 Å². The van der Waals surface area contributed by atoms with E-state index in [2.05, 4.69) is 20.6 Å². The SMILES string of the molecule is COC1=CCNC=C1NCc1cc2nccnc2cc1F. The van der Waals surface area contributed by atoms with Gasteiger partial charge >= 0.3 is 0 Å². The van der Waals surface area contributed by atoms with E-state index in [1.165, 1.54) is 6.07 Å². The summed E-state index contributed by atoms with van der Waals surface area (Å²) in [6, 6.07) is 3.11. The lowest BCUT2D eigenvalue weighted by atomic mass is 10.1. The van der Waals surface area contributed by atoms with Gasteiger partial charge in [0.2, 0.25) is 0 Å². The number of hydrogen-bond donors (Lipinski definition) is 2. The van der Waals surface area contributed by atoms with Gasteiger partial charge in [0, 0.05) is 43.3 Å². The van der Waals surface area contributed by atoms with Crippen molar-refractivity contribution in [1.82, 2.24) is 20.6 Å². The van der Waals surface area contributed by atoms with Crippen LogP contribution in [-0.2, 0) is 11.3 Å². The fourth-order valence-electron chi connectivity index (χ4n) is 2.18. The van der Waals surface area contributed by atoms with Crippen molar-refractivity contribution in [2.24, 2.45) is 0 Å². The average molecular weight is 286 g/mol. The molecule has 1 aliphatic rings. The number of benzene rings is 1. The Balaban J connectivity index is 1.80. The third-order valence-electron chi connectivity index (χ3n) is 3.24. The molecule has 0 saturated carbocycles. The van der Waals surface area contributed by atoms with Crippen LogP contribution in [0.4, 0.5) is 4.39 Å². The van der Waals surface area contributed by atoms with Crippen molar-refractivity contribution in [3.8, 4) is 0 Å². The molecule has 0 unspecified atom stereocenters. The van der Waals surface area contributed by atoms with Gasteiger partial charge < -0.3 is 15.4 Å². The lowest BCUT2D eigenvalue weighted by molar-refractivity contribution is 0.291. The molecule has 21 heavy (non-hydrogen) atoms. The summed E-state index contributed by atoms with van der Waals surface area (Å²) in [6.45, 7) is 1.06. The number of nitrogens with one attached hydrogen (secondary N) is 2. The van der Waals surface area contributed by atoms with Gasteiger partial charge in [-0.05, 0) is 12.1 Å². The van der Waals surface area contributed by atoms with Crippen molar-refractivity contribution in [3.05, 3.63) is 59.6 Å². The third kappa shape index (κ3) is 2.79. The second kappa shape index (κ2) is 5.78. The molecule has 1 aliphatic heterocycles. The molecule has 2 aromatic rings. The number of nitrogens with zero attached hydrogens (tertiary/aromatic N) is 2. The standard InChI is InChI=1S/C15H15FN4O/c1-21-15-2-3-17-9-14(15)20-8-10-6-12-13(7-11(10)16)19-5-4-18-12/h2,4-7,9,17,20H,3,8H2,1H3. The fourth-order valence-corrected chi connectivity index (χ4v) is 2.18. The molecule has 0 aliphatic carbocycles. The summed E-state index contributed by atoms with van der Waals surface area (Å²) in [5, 5.41) is 6.24. The molecule has 108 valence electrons. The Bertz CT molecular complexity index is 727. The van der Waals surface area contributed by atoms with Gasteiger partial charge in [0.1, 0.15) is 11.6 Å². The molecule has 0 fully saturated rings. The van der Waals surface area contributed by atoms with Gasteiger partial charge in [-0.2, -0.15) is 0 Å². The molecule has 0 bridgehead atoms. The summed E-state index contributed by atoms with van der Waals surface area (Å²) in [6.07, 6.45) is 6.88. The number of hydrogen-bond acceptors (Lipinski definition) is 5. The van der Waals surface area contributed by atoms with Crippen LogP contribution in [0.25, 0.3) is 11.0 Å². The zero-order valence-corrected chi connectivity index (χ0v) is 11.6. The minimum absolute atomic E-state index is 0.303. The molecular weight excluding hydrogens is 271 g/mol. The zero-order chi connectivity index (χ0) is 14.7. The number of aromatic nitrogens is 2. The Kier molecular flexibility index (Phi) is 3.68. The first-order valence-electron chi connectivity index (χ1n) is 6.59. The summed E-state index contributed by atoms with van der Waals surface area (Å²) in [5.74, 6) is 0.442. The zero-order valence-electron chi connectivity index (χ0n) is 11.6. The predicted octanol–water partition coefficient (Wildman–Crippen LogP) is 1.83. The van der Waals surface area contributed by atoms with E-state index in [1.807, 2.05) is 12.3 Å². The predicted molar refractivity (Wildman–Crippen MR) is 77.5 cm³/mol. The van der Waals surface area contributed by atoms with E-state index in [9.17, 15) is 4.39 Å². The summed E-state index contributed by atoms with van der Waals surface area (Å²) in [4.78, 5) is 8.27. The van der Waals surface area contributed by atoms with Gasteiger partial charge in [-0.3, -0.25) is 9.97 Å². The number of dihydropyridines is 1. The van der Waals surface area contributed by atoms with Gasteiger partial charge in [0.15, 0.2) is 0 Å². The first kappa shape index (κ1) is 13.4. The molecule has 6 heteroatoms. The Hall–Kier alpha value is -2.63. The van der Waals surface area contributed by atoms with Crippen molar-refractivity contribution in [3.63, 3.8) is 0 Å². The van der Waals surface area contributed by atoms with Crippen molar-refractivity contribution in [2.45, 2.75) is 6.54 Å². The molecule has 0 radical (unpaired) electrons. The van der Waals surface area contributed by atoms with Crippen molar-refractivity contribution < 1.29 is 9.13 Å². The van der Waals surface area contributed by atoms with Crippen LogP contribution in [0.1, 0.15) is 5.56 Å². The van der Waals surface area contributed by atoms with E-state index < -0.39 is 0 Å². The smallest absolute Gasteiger partial charge is 0.141 e. The molecule has 3 rings (SSSR count). The van der Waals surface area contributed by atoms with E-state index in [-0.39, 0.29) is 5.82 Å². The molecule has 0 saturated heterocycles. The maximum Gasteiger partial charge on any atom is 0.141 e. The van der Waals surface area contributed by atoms with Gasteiger partial charge in [-0.15, -0.1) is 0 Å². The van der Waals surface area contributed by atoms with Gasteiger partial charge in [-0.1, -0.05) is 0 Å². The quantitative estimate of drug-likeness (QED) is 0.898. The van der Waals surface area contributed by atoms with Gasteiger partial charge in [0.05, 0.1) is 23.8 Å². The number of fused-ring (bicyclic) bond motifs is 1. The highest BCUT2D eigenvalue weighted by Crippen LogP contribution is 2.17. The van der Waals surface area contributed by atoms with Crippen molar-refractivity contribution >= 4 is 11.0 Å². The normalized spacial score (nSPS) is 14.2. The van der Waals surface area contributed by atoms with E-state index in [0.717, 1.165) is 11.5 Å². The van der Waals surface area contributed by atoms with Gasteiger partial charge in [-0.25, -0.2) is 4.39 Å². The third-order valence-corrected chi connectivity index (χ3v) is 3.24. The highest BCUT2D eigenvalue weighted by atomic mass is 19.1. The lowest BCUT2D eigenvalue weighted by Crippen LogP contribution is -2.23. The minimum Gasteiger partial charge on any atom is -0.495 e. The summed E-state index contributed by atoms with van der Waals surface area (Å²) in [7, 11) is 1.61. The van der Waals surface area contributed by atoms with E-state index >= 15 is 0 Å². The molecule has 1 aromatic heterocycles. The number of methoxy groups -OCH3 is 1. The summed E-state index contributed by atoms with van der Waals surface area (Å²) in [5.41, 5.74) is 2.55. The largest absolute Gasteiger partial charge is 0.495 e. The molecule has 0 spiro atoms. The average Bonchev–Trinajstić information content (AvgIpc) is 2.53. The molecule has 2 heterocycles. The first-order chi connectivity index (χ1) is 10.3. The van der Waals surface area contributed by atoms with Crippen LogP contribution < -0.4 is 10.6 Å². The van der Waals surface area contributed by atoms with Crippen LogP contribution in [0, 0.1) is 5.82 Å². The highest BCUT2D eigenvalue weighted by Gasteiger charge is 2.11. The van der Waals surface area contributed by atoms with Crippen molar-refractivity contribution in [2.75, 3.05) is 13.7 Å². The van der Waals surface area contributed by atoms with E-state index in [1.54, 1.807) is 25.6 Å². The topological polar surface area (TPSA) is 59.1 Å². The van der Waals surface area contributed by atoms with E-state index in [0.29, 0.717) is 29.7 Å². The van der Waals surface area contributed by atoms with E-state index in [4.69, 9.17) is 4.74 Å². The Morgan fingerprint density at radius 3 is 2.81 bits per heavy atom. The van der Waals surface area contributed by atoms with Crippen molar-refractivity contribution in [1.29, 1.82) is 0 Å². The molecular formula is C15H15FN4O. The van der Waals surface area contributed by atoms with Crippen LogP contribution in [0.15, 0.2) is 48.3 Å². The highest BCUT2D eigenvalue weighted by molar-refractivity contribution is 5.74. The van der Waals surface area contributed by atoms with Crippen LogP contribution >= 0.6 is 0 Å². The number of halogens is 1. The molecule has 0 amide bonds. The summed E-state index contributed by atoms with van der Waals surface area (Å²) >= 11 is 0. The minimum atomic E-state index is -0.303. The first-order valence-corrected chi connectivity index (χ1v) is 6.59. The molecule has 5 nitrogen and oxygen atoms in total. The monoisotopic (exact) mass is 286 g/mol.